The van der Waals surface area contributed by atoms with Crippen molar-refractivity contribution in [1.29, 1.82) is 5.26 Å². The molecule has 1 heterocycles. The van der Waals surface area contributed by atoms with E-state index in [1.807, 2.05) is 12.1 Å². The van der Waals surface area contributed by atoms with Crippen LogP contribution < -0.4 is 5.32 Å². The summed E-state index contributed by atoms with van der Waals surface area (Å²) in [5, 5.41) is 11.8. The smallest absolute Gasteiger partial charge is 0.203 e. The zero-order chi connectivity index (χ0) is 11.6. The molecule has 16 heavy (non-hydrogen) atoms. The van der Waals surface area contributed by atoms with Gasteiger partial charge >= 0.3 is 0 Å². The van der Waals surface area contributed by atoms with Crippen molar-refractivity contribution < 1.29 is 9.15 Å². The fraction of sp³-hybridized carbons (Fsp3) is 0.583. The van der Waals surface area contributed by atoms with Crippen LogP contribution in [0, 0.1) is 11.3 Å². The van der Waals surface area contributed by atoms with Gasteiger partial charge in [0.25, 0.3) is 0 Å². The zero-order valence-corrected chi connectivity index (χ0v) is 9.66. The molecule has 1 aromatic heterocycles. The Morgan fingerprint density at radius 1 is 1.44 bits per heavy atom. The third-order valence-corrected chi connectivity index (χ3v) is 2.06. The number of hydrogen-bond donors (Lipinski definition) is 1. The molecular formula is C12H18N2O2. The van der Waals surface area contributed by atoms with Gasteiger partial charge in [-0.25, -0.2) is 0 Å². The van der Waals surface area contributed by atoms with Gasteiger partial charge in [-0.2, -0.15) is 5.26 Å². The van der Waals surface area contributed by atoms with Gasteiger partial charge < -0.3 is 14.5 Å². The maximum Gasteiger partial charge on any atom is 0.203 e. The molecule has 0 aliphatic rings. The second-order valence-electron chi connectivity index (χ2n) is 3.52. The predicted molar refractivity (Wildman–Crippen MR) is 60.9 cm³/mol. The largest absolute Gasteiger partial charge is 0.449 e. The minimum Gasteiger partial charge on any atom is -0.449 e. The van der Waals surface area contributed by atoms with E-state index in [0.29, 0.717) is 12.3 Å². The molecule has 0 aromatic carbocycles. The summed E-state index contributed by atoms with van der Waals surface area (Å²) in [5.41, 5.74) is 0. The summed E-state index contributed by atoms with van der Waals surface area (Å²) in [5.74, 6) is 1.16. The monoisotopic (exact) mass is 222 g/mol. The molecule has 4 nitrogen and oxygen atoms in total. The first-order valence-electron chi connectivity index (χ1n) is 5.64. The molecule has 88 valence electrons. The first-order valence-corrected chi connectivity index (χ1v) is 5.64. The fourth-order valence-electron chi connectivity index (χ4n) is 1.29. The summed E-state index contributed by atoms with van der Waals surface area (Å²) in [7, 11) is 0. The highest BCUT2D eigenvalue weighted by atomic mass is 16.5. The summed E-state index contributed by atoms with van der Waals surface area (Å²) in [6, 6.07) is 5.46. The highest BCUT2D eigenvalue weighted by Gasteiger charge is 1.99. The van der Waals surface area contributed by atoms with Crippen LogP contribution in [0.3, 0.4) is 0 Å². The van der Waals surface area contributed by atoms with Crippen LogP contribution in [0.2, 0.25) is 0 Å². The van der Waals surface area contributed by atoms with Gasteiger partial charge in [-0.1, -0.05) is 6.92 Å². The third kappa shape index (κ3) is 4.96. The molecular weight excluding hydrogens is 204 g/mol. The average Bonchev–Trinajstić information content (AvgIpc) is 2.76. The standard InChI is InChI=1S/C12H18N2O2/c1-2-7-15-8-3-6-14-10-12-5-4-11(9-13)16-12/h4-5,14H,2-3,6-8,10H2,1H3. The number of nitrogens with one attached hydrogen (secondary N) is 1. The molecule has 0 fully saturated rings. The van der Waals surface area contributed by atoms with Crippen LogP contribution in [-0.2, 0) is 11.3 Å². The Bertz CT molecular complexity index is 328. The number of hydrogen-bond acceptors (Lipinski definition) is 4. The lowest BCUT2D eigenvalue weighted by molar-refractivity contribution is 0.132. The molecule has 0 spiro atoms. The van der Waals surface area contributed by atoms with Crippen LogP contribution in [0.25, 0.3) is 0 Å². The molecule has 0 radical (unpaired) electrons. The van der Waals surface area contributed by atoms with E-state index < -0.39 is 0 Å². The number of ether oxygens (including phenoxy) is 1. The first kappa shape index (κ1) is 12.8. The number of rotatable bonds is 8. The third-order valence-electron chi connectivity index (χ3n) is 2.06. The van der Waals surface area contributed by atoms with E-state index in [0.717, 1.165) is 38.4 Å². The van der Waals surface area contributed by atoms with E-state index in [-0.39, 0.29) is 0 Å². The van der Waals surface area contributed by atoms with Crippen LogP contribution in [0.1, 0.15) is 31.3 Å². The van der Waals surface area contributed by atoms with E-state index in [2.05, 4.69) is 12.2 Å². The quantitative estimate of drug-likeness (QED) is 0.684. The molecule has 1 aromatic rings. The van der Waals surface area contributed by atoms with E-state index >= 15 is 0 Å². The van der Waals surface area contributed by atoms with Crippen LogP contribution in [0.15, 0.2) is 16.5 Å². The molecule has 0 saturated carbocycles. The maximum atomic E-state index is 8.56. The molecule has 0 aliphatic heterocycles. The number of furan rings is 1. The molecule has 0 aliphatic carbocycles. The van der Waals surface area contributed by atoms with Crippen molar-refractivity contribution in [2.45, 2.75) is 26.3 Å². The van der Waals surface area contributed by atoms with E-state index in [9.17, 15) is 0 Å². The highest BCUT2D eigenvalue weighted by molar-refractivity contribution is 5.18. The van der Waals surface area contributed by atoms with Crippen LogP contribution >= 0.6 is 0 Å². The maximum absolute atomic E-state index is 8.56. The molecule has 0 atom stereocenters. The Morgan fingerprint density at radius 3 is 3.00 bits per heavy atom. The fourth-order valence-corrected chi connectivity index (χ4v) is 1.29. The molecule has 0 bridgehead atoms. The van der Waals surface area contributed by atoms with Gasteiger partial charge in [-0.05, 0) is 31.5 Å². The topological polar surface area (TPSA) is 58.2 Å². The van der Waals surface area contributed by atoms with Crippen molar-refractivity contribution >= 4 is 0 Å². The van der Waals surface area contributed by atoms with Crippen LogP contribution in [0.4, 0.5) is 0 Å². The summed E-state index contributed by atoms with van der Waals surface area (Å²) < 4.78 is 10.6. The molecule has 4 heteroatoms. The van der Waals surface area contributed by atoms with Gasteiger partial charge in [0.15, 0.2) is 0 Å². The van der Waals surface area contributed by atoms with Crippen molar-refractivity contribution in [3.63, 3.8) is 0 Å². The van der Waals surface area contributed by atoms with E-state index in [1.165, 1.54) is 0 Å². The Labute approximate surface area is 96.2 Å². The minimum atomic E-state index is 0.364. The van der Waals surface area contributed by atoms with Gasteiger partial charge in [-0.3, -0.25) is 0 Å². The zero-order valence-electron chi connectivity index (χ0n) is 9.66. The van der Waals surface area contributed by atoms with Crippen LogP contribution in [0.5, 0.6) is 0 Å². The molecule has 0 unspecified atom stereocenters. The Morgan fingerprint density at radius 2 is 2.31 bits per heavy atom. The van der Waals surface area contributed by atoms with Crippen molar-refractivity contribution in [1.82, 2.24) is 5.32 Å². The Hall–Kier alpha value is -1.31. The summed E-state index contributed by atoms with van der Waals surface area (Å²) >= 11 is 0. The van der Waals surface area contributed by atoms with Crippen molar-refractivity contribution in [2.24, 2.45) is 0 Å². The SMILES string of the molecule is CCCOCCCNCc1ccc(C#N)o1. The lowest BCUT2D eigenvalue weighted by atomic mass is 10.4. The molecule has 1 N–H and O–H groups in total. The highest BCUT2D eigenvalue weighted by Crippen LogP contribution is 2.05. The normalized spacial score (nSPS) is 10.2. The van der Waals surface area contributed by atoms with Crippen molar-refractivity contribution in [2.75, 3.05) is 19.8 Å². The van der Waals surface area contributed by atoms with E-state index in [4.69, 9.17) is 14.4 Å². The van der Waals surface area contributed by atoms with Crippen molar-refractivity contribution in [3.05, 3.63) is 23.7 Å². The second-order valence-corrected chi connectivity index (χ2v) is 3.52. The van der Waals surface area contributed by atoms with Crippen molar-refractivity contribution in [3.8, 4) is 6.07 Å². The first-order chi connectivity index (χ1) is 7.86. The van der Waals surface area contributed by atoms with Gasteiger partial charge in [-0.15, -0.1) is 0 Å². The van der Waals surface area contributed by atoms with Crippen LogP contribution in [-0.4, -0.2) is 19.8 Å². The summed E-state index contributed by atoms with van der Waals surface area (Å²) in [6.45, 7) is 5.29. The van der Waals surface area contributed by atoms with Gasteiger partial charge in [0.1, 0.15) is 11.8 Å². The summed E-state index contributed by atoms with van der Waals surface area (Å²) in [4.78, 5) is 0. The number of nitrogens with zero attached hydrogens (tertiary/aromatic N) is 1. The number of nitriles is 1. The minimum absolute atomic E-state index is 0.364. The lowest BCUT2D eigenvalue weighted by Gasteiger charge is -2.03. The van der Waals surface area contributed by atoms with Gasteiger partial charge in [0.05, 0.1) is 6.54 Å². The molecule has 0 saturated heterocycles. The second kappa shape index (κ2) is 7.91. The lowest BCUT2D eigenvalue weighted by Crippen LogP contribution is -2.16. The molecule has 1 rings (SSSR count). The van der Waals surface area contributed by atoms with Gasteiger partial charge in [0.2, 0.25) is 5.76 Å². The Kier molecular flexibility index (Phi) is 6.31. The summed E-state index contributed by atoms with van der Waals surface area (Å²) in [6.07, 6.45) is 2.06. The Balaban J connectivity index is 2.01. The predicted octanol–water partition coefficient (Wildman–Crippen LogP) is 2.06. The average molecular weight is 222 g/mol. The van der Waals surface area contributed by atoms with E-state index in [1.54, 1.807) is 6.07 Å². The molecule has 0 amide bonds. The van der Waals surface area contributed by atoms with Gasteiger partial charge in [0, 0.05) is 13.2 Å².